The first-order valence-corrected chi connectivity index (χ1v) is 7.34. The monoisotopic (exact) mass is 310 g/mol. The number of pyridine rings is 1. The second-order valence-electron chi connectivity index (χ2n) is 5.52. The molecule has 1 aromatic heterocycles. The maximum atomic E-state index is 12.5. The molecule has 0 bridgehead atoms. The van der Waals surface area contributed by atoms with E-state index in [0.717, 1.165) is 5.69 Å². The number of esters is 1. The van der Waals surface area contributed by atoms with Crippen molar-refractivity contribution in [3.63, 3.8) is 0 Å². The summed E-state index contributed by atoms with van der Waals surface area (Å²) >= 11 is 5.99. The lowest BCUT2D eigenvalue weighted by Gasteiger charge is -2.17. The molecule has 0 N–H and O–H groups in total. The van der Waals surface area contributed by atoms with Crippen LogP contribution in [0.4, 0.5) is 0 Å². The van der Waals surface area contributed by atoms with Gasteiger partial charge in [-0.25, -0.2) is 4.98 Å². The van der Waals surface area contributed by atoms with Gasteiger partial charge in [0, 0.05) is 24.3 Å². The first-order valence-electron chi connectivity index (χ1n) is 6.97. The Balaban J connectivity index is 2.16. The molecule has 1 aromatic rings. The first-order chi connectivity index (χ1) is 9.92. The second-order valence-corrected chi connectivity index (χ2v) is 5.91. The van der Waals surface area contributed by atoms with Gasteiger partial charge in [-0.2, -0.15) is 0 Å². The van der Waals surface area contributed by atoms with Crippen LogP contribution in [0, 0.1) is 5.92 Å². The Morgan fingerprint density at radius 2 is 2.14 bits per heavy atom. The van der Waals surface area contributed by atoms with Crippen molar-refractivity contribution in [3.05, 3.63) is 28.5 Å². The molecule has 0 aromatic carbocycles. The van der Waals surface area contributed by atoms with Gasteiger partial charge in [-0.3, -0.25) is 9.59 Å². The van der Waals surface area contributed by atoms with Crippen LogP contribution in [0.25, 0.3) is 0 Å². The number of aromatic nitrogens is 1. The number of carbonyl (C=O) groups is 2. The van der Waals surface area contributed by atoms with Crippen molar-refractivity contribution in [3.8, 4) is 0 Å². The van der Waals surface area contributed by atoms with E-state index in [0.29, 0.717) is 30.2 Å². The first kappa shape index (κ1) is 15.8. The number of halogens is 1. The molecule has 1 saturated heterocycles. The van der Waals surface area contributed by atoms with Crippen LogP contribution in [0.5, 0.6) is 0 Å². The number of ether oxygens (including phenoxy) is 1. The lowest BCUT2D eigenvalue weighted by molar-refractivity contribution is -0.144. The van der Waals surface area contributed by atoms with E-state index in [4.69, 9.17) is 16.3 Å². The van der Waals surface area contributed by atoms with Gasteiger partial charge in [0.15, 0.2) is 0 Å². The zero-order valence-corrected chi connectivity index (χ0v) is 13.2. The minimum atomic E-state index is -0.263. The van der Waals surface area contributed by atoms with Gasteiger partial charge in [-0.05, 0) is 24.5 Å². The van der Waals surface area contributed by atoms with Gasteiger partial charge in [0.1, 0.15) is 5.15 Å². The third-order valence-corrected chi connectivity index (χ3v) is 3.86. The van der Waals surface area contributed by atoms with E-state index >= 15 is 0 Å². The highest BCUT2D eigenvalue weighted by molar-refractivity contribution is 6.29. The van der Waals surface area contributed by atoms with Gasteiger partial charge in [-0.15, -0.1) is 0 Å². The summed E-state index contributed by atoms with van der Waals surface area (Å²) in [6.07, 6.45) is 0.633. The van der Waals surface area contributed by atoms with E-state index in [1.807, 2.05) is 13.8 Å². The molecule has 2 rings (SSSR count). The van der Waals surface area contributed by atoms with Crippen molar-refractivity contribution >= 4 is 23.5 Å². The van der Waals surface area contributed by atoms with Gasteiger partial charge in [-0.1, -0.05) is 25.4 Å². The van der Waals surface area contributed by atoms with E-state index in [1.54, 1.807) is 17.0 Å². The highest BCUT2D eigenvalue weighted by Gasteiger charge is 2.32. The predicted molar refractivity (Wildman–Crippen MR) is 79.4 cm³/mol. The molecule has 2 heterocycles. The number of amides is 1. The molecule has 6 heteroatoms. The molecule has 1 atom stereocenters. The molecule has 114 valence electrons. The predicted octanol–water partition coefficient (Wildman–Crippen LogP) is 2.49. The van der Waals surface area contributed by atoms with Crippen LogP contribution in [0.15, 0.2) is 12.1 Å². The second kappa shape index (κ2) is 6.43. The number of hydrogen-bond acceptors (Lipinski definition) is 4. The van der Waals surface area contributed by atoms with Gasteiger partial charge >= 0.3 is 5.97 Å². The number of carbonyl (C=O) groups excluding carboxylic acids is 2. The Morgan fingerprint density at radius 3 is 2.76 bits per heavy atom. The number of hydrogen-bond donors (Lipinski definition) is 0. The molecule has 5 nitrogen and oxygen atoms in total. The molecule has 1 amide bonds. The maximum absolute atomic E-state index is 12.5. The third kappa shape index (κ3) is 3.53. The van der Waals surface area contributed by atoms with E-state index in [-0.39, 0.29) is 23.7 Å². The van der Waals surface area contributed by atoms with Gasteiger partial charge in [0.2, 0.25) is 0 Å². The fourth-order valence-electron chi connectivity index (χ4n) is 2.42. The lowest BCUT2D eigenvalue weighted by atomic mass is 10.1. The van der Waals surface area contributed by atoms with Crippen molar-refractivity contribution in [2.75, 3.05) is 20.2 Å². The van der Waals surface area contributed by atoms with E-state index in [9.17, 15) is 9.59 Å². The Bertz CT molecular complexity index is 560. The standard InChI is InChI=1S/C15H19ClN2O3/c1-9(2)12-6-11(7-13(16)17-12)14(19)18-5-4-10(8-18)15(20)21-3/h6-7,9-10H,4-5,8H2,1-3H3. The quantitative estimate of drug-likeness (QED) is 0.636. The molecule has 21 heavy (non-hydrogen) atoms. The number of methoxy groups -OCH3 is 1. The molecular formula is C15H19ClN2O3. The highest BCUT2D eigenvalue weighted by Crippen LogP contribution is 2.23. The summed E-state index contributed by atoms with van der Waals surface area (Å²) in [4.78, 5) is 29.9. The van der Waals surface area contributed by atoms with Crippen molar-refractivity contribution in [2.24, 2.45) is 5.92 Å². The summed E-state index contributed by atoms with van der Waals surface area (Å²) in [6.45, 7) is 4.93. The summed E-state index contributed by atoms with van der Waals surface area (Å²) in [6, 6.07) is 3.34. The van der Waals surface area contributed by atoms with E-state index in [2.05, 4.69) is 4.98 Å². The van der Waals surface area contributed by atoms with Crippen molar-refractivity contribution < 1.29 is 14.3 Å². The molecule has 0 radical (unpaired) electrons. The molecule has 0 saturated carbocycles. The van der Waals surface area contributed by atoms with E-state index in [1.165, 1.54) is 7.11 Å². The normalized spacial score (nSPS) is 18.1. The molecular weight excluding hydrogens is 292 g/mol. The van der Waals surface area contributed by atoms with Crippen LogP contribution in [0.1, 0.15) is 42.2 Å². The van der Waals surface area contributed by atoms with Crippen LogP contribution >= 0.6 is 11.6 Å². The summed E-state index contributed by atoms with van der Waals surface area (Å²) in [7, 11) is 1.37. The molecule has 0 aliphatic carbocycles. The molecule has 1 aliphatic rings. The smallest absolute Gasteiger partial charge is 0.310 e. The Kier molecular flexibility index (Phi) is 4.83. The maximum Gasteiger partial charge on any atom is 0.310 e. The van der Waals surface area contributed by atoms with Crippen LogP contribution in [0.2, 0.25) is 5.15 Å². The average Bonchev–Trinajstić information content (AvgIpc) is 2.94. The number of rotatable bonds is 3. The van der Waals surface area contributed by atoms with Crippen molar-refractivity contribution in [1.29, 1.82) is 0 Å². The summed E-state index contributed by atoms with van der Waals surface area (Å²) in [5.74, 6) is -0.425. The average molecular weight is 311 g/mol. The minimum absolute atomic E-state index is 0.118. The van der Waals surface area contributed by atoms with Crippen molar-refractivity contribution in [1.82, 2.24) is 9.88 Å². The summed E-state index contributed by atoms with van der Waals surface area (Å²) < 4.78 is 4.73. The van der Waals surface area contributed by atoms with Gasteiger partial charge in [0.25, 0.3) is 5.91 Å². The Morgan fingerprint density at radius 1 is 1.43 bits per heavy atom. The topological polar surface area (TPSA) is 59.5 Å². The van der Waals surface area contributed by atoms with E-state index < -0.39 is 0 Å². The van der Waals surface area contributed by atoms with Gasteiger partial charge < -0.3 is 9.64 Å². The molecule has 1 unspecified atom stereocenters. The third-order valence-electron chi connectivity index (χ3n) is 3.66. The SMILES string of the molecule is COC(=O)C1CCN(C(=O)c2cc(Cl)nc(C(C)C)c2)C1. The largest absolute Gasteiger partial charge is 0.469 e. The number of nitrogens with zero attached hydrogens (tertiary/aromatic N) is 2. The van der Waals surface area contributed by atoms with Crippen LogP contribution in [0.3, 0.4) is 0 Å². The van der Waals surface area contributed by atoms with Crippen molar-refractivity contribution in [2.45, 2.75) is 26.2 Å². The molecule has 1 fully saturated rings. The van der Waals surface area contributed by atoms with Crippen LogP contribution in [-0.2, 0) is 9.53 Å². The fourth-order valence-corrected chi connectivity index (χ4v) is 2.64. The fraction of sp³-hybridized carbons (Fsp3) is 0.533. The minimum Gasteiger partial charge on any atom is -0.469 e. The Hall–Kier alpha value is -1.62. The molecule has 1 aliphatic heterocycles. The molecule has 0 spiro atoms. The van der Waals surface area contributed by atoms with Crippen LogP contribution < -0.4 is 0 Å². The van der Waals surface area contributed by atoms with Gasteiger partial charge in [0.05, 0.1) is 13.0 Å². The highest BCUT2D eigenvalue weighted by atomic mass is 35.5. The zero-order chi connectivity index (χ0) is 15.6. The zero-order valence-electron chi connectivity index (χ0n) is 12.4. The van der Waals surface area contributed by atoms with Crippen LogP contribution in [-0.4, -0.2) is 42.0 Å². The number of likely N-dealkylation sites (tertiary alicyclic amines) is 1. The summed E-state index contributed by atoms with van der Waals surface area (Å²) in [5.41, 5.74) is 1.30. The Labute approximate surface area is 129 Å². The summed E-state index contributed by atoms with van der Waals surface area (Å²) in [5, 5.41) is 0.313. The lowest BCUT2D eigenvalue weighted by Crippen LogP contribution is -2.30.